The lowest BCUT2D eigenvalue weighted by atomic mass is 9.95. The number of ether oxygens (including phenoxy) is 2. The second-order valence-corrected chi connectivity index (χ2v) is 8.73. The van der Waals surface area contributed by atoms with Gasteiger partial charge in [0.15, 0.2) is 0 Å². The predicted octanol–water partition coefficient (Wildman–Crippen LogP) is 3.54. The molecule has 0 radical (unpaired) electrons. The Balaban J connectivity index is 1.73. The van der Waals surface area contributed by atoms with Crippen LogP contribution in [0.3, 0.4) is 0 Å². The van der Waals surface area contributed by atoms with Crippen LogP contribution in [0.5, 0.6) is 5.75 Å². The maximum Gasteiger partial charge on any atom is 0.295 e. The van der Waals surface area contributed by atoms with E-state index in [4.69, 9.17) is 9.47 Å². The molecule has 0 saturated carbocycles. The minimum Gasteiger partial charge on any atom is -0.507 e. The number of hydrogen-bond acceptors (Lipinski definition) is 6. The van der Waals surface area contributed by atoms with Crippen LogP contribution in [0.25, 0.3) is 5.76 Å². The van der Waals surface area contributed by atoms with E-state index in [-0.39, 0.29) is 11.3 Å². The van der Waals surface area contributed by atoms with Gasteiger partial charge in [-0.15, -0.1) is 0 Å². The van der Waals surface area contributed by atoms with Crippen molar-refractivity contribution < 1.29 is 24.2 Å². The number of rotatable bonds is 8. The van der Waals surface area contributed by atoms with E-state index in [0.29, 0.717) is 44.2 Å². The third-order valence-corrected chi connectivity index (χ3v) is 6.27. The number of morpholine rings is 1. The number of ketones is 1. The second-order valence-electron chi connectivity index (χ2n) is 8.73. The summed E-state index contributed by atoms with van der Waals surface area (Å²) in [6, 6.07) is 14.0. The van der Waals surface area contributed by atoms with E-state index in [1.165, 1.54) is 0 Å². The number of carbonyl (C=O) groups excluding carboxylic acids is 2. The molecule has 7 heteroatoms. The van der Waals surface area contributed by atoms with Gasteiger partial charge in [-0.2, -0.15) is 0 Å². The Morgan fingerprint density at radius 1 is 1.09 bits per heavy atom. The molecular weight excluding hydrogens is 432 g/mol. The maximum absolute atomic E-state index is 13.2. The summed E-state index contributed by atoms with van der Waals surface area (Å²) in [5.41, 5.74) is 2.41. The number of aliphatic hydroxyl groups excluding tert-OH is 1. The third kappa shape index (κ3) is 5.16. The summed E-state index contributed by atoms with van der Waals surface area (Å²) >= 11 is 0. The minimum absolute atomic E-state index is 0.114. The van der Waals surface area contributed by atoms with Crippen molar-refractivity contribution in [2.45, 2.75) is 26.3 Å². The molecule has 2 aromatic carbocycles. The van der Waals surface area contributed by atoms with Gasteiger partial charge < -0.3 is 19.5 Å². The van der Waals surface area contributed by atoms with Gasteiger partial charge in [0.1, 0.15) is 11.5 Å². The molecule has 0 unspecified atom stereocenters. The van der Waals surface area contributed by atoms with Crippen LogP contribution in [0.2, 0.25) is 0 Å². The van der Waals surface area contributed by atoms with Crippen molar-refractivity contribution in [3.8, 4) is 5.75 Å². The molecule has 2 aromatic rings. The van der Waals surface area contributed by atoms with Crippen LogP contribution < -0.4 is 4.74 Å². The van der Waals surface area contributed by atoms with Crippen LogP contribution in [0.15, 0.2) is 54.1 Å². The zero-order valence-electron chi connectivity index (χ0n) is 19.8. The summed E-state index contributed by atoms with van der Waals surface area (Å²) in [6.07, 6.45) is 0.871. The van der Waals surface area contributed by atoms with Crippen molar-refractivity contribution in [1.29, 1.82) is 0 Å². The first-order valence-corrected chi connectivity index (χ1v) is 11.9. The van der Waals surface area contributed by atoms with Crippen LogP contribution in [0.4, 0.5) is 0 Å². The minimum atomic E-state index is -0.687. The summed E-state index contributed by atoms with van der Waals surface area (Å²) in [4.78, 5) is 30.2. The topological polar surface area (TPSA) is 79.3 Å². The van der Waals surface area contributed by atoms with E-state index in [1.807, 2.05) is 50.2 Å². The van der Waals surface area contributed by atoms with Gasteiger partial charge in [0, 0.05) is 31.7 Å². The van der Waals surface area contributed by atoms with Crippen molar-refractivity contribution in [3.05, 3.63) is 70.8 Å². The highest BCUT2D eigenvalue weighted by Gasteiger charge is 2.46. The predicted molar refractivity (Wildman–Crippen MR) is 130 cm³/mol. The Morgan fingerprint density at radius 3 is 2.53 bits per heavy atom. The van der Waals surface area contributed by atoms with Gasteiger partial charge in [0.05, 0.1) is 31.4 Å². The van der Waals surface area contributed by atoms with Crippen LogP contribution in [0.1, 0.15) is 36.1 Å². The summed E-state index contributed by atoms with van der Waals surface area (Å²) < 4.78 is 11.2. The molecule has 1 N–H and O–H groups in total. The van der Waals surface area contributed by atoms with E-state index >= 15 is 0 Å². The molecule has 2 saturated heterocycles. The largest absolute Gasteiger partial charge is 0.507 e. The van der Waals surface area contributed by atoms with Gasteiger partial charge in [0.2, 0.25) is 0 Å². The summed E-state index contributed by atoms with van der Waals surface area (Å²) in [5, 5.41) is 11.2. The zero-order chi connectivity index (χ0) is 24.1. The first-order chi connectivity index (χ1) is 16.5. The Morgan fingerprint density at radius 2 is 1.82 bits per heavy atom. The molecule has 1 amide bonds. The average Bonchev–Trinajstić information content (AvgIpc) is 3.12. The number of benzene rings is 2. The zero-order valence-corrected chi connectivity index (χ0v) is 19.8. The number of likely N-dealkylation sites (tertiary alicyclic amines) is 1. The molecule has 0 bridgehead atoms. The Hall–Kier alpha value is -3.16. The van der Waals surface area contributed by atoms with E-state index in [1.54, 1.807) is 17.0 Å². The molecule has 0 aromatic heterocycles. The van der Waals surface area contributed by atoms with Crippen molar-refractivity contribution in [3.63, 3.8) is 0 Å². The third-order valence-electron chi connectivity index (χ3n) is 6.27. The summed E-state index contributed by atoms with van der Waals surface area (Å²) in [5.74, 6) is -0.734. The van der Waals surface area contributed by atoms with Crippen molar-refractivity contribution in [2.24, 2.45) is 0 Å². The summed E-state index contributed by atoms with van der Waals surface area (Å²) in [7, 11) is 0. The van der Waals surface area contributed by atoms with Gasteiger partial charge in [-0.25, -0.2) is 0 Å². The smallest absolute Gasteiger partial charge is 0.295 e. The Labute approximate surface area is 200 Å². The molecule has 180 valence electrons. The molecule has 2 aliphatic heterocycles. The second kappa shape index (κ2) is 10.8. The lowest BCUT2D eigenvalue weighted by Crippen LogP contribution is -2.42. The van der Waals surface area contributed by atoms with Crippen molar-refractivity contribution in [2.75, 3.05) is 46.0 Å². The van der Waals surface area contributed by atoms with E-state index in [2.05, 4.69) is 4.90 Å². The SMILES string of the molecule is CCCOc1cccc([C@H]2C(=C(O)c3ccc(C)cc3)C(=O)C(=O)N2CCN2CCOCC2)c1. The van der Waals surface area contributed by atoms with E-state index < -0.39 is 17.7 Å². The van der Waals surface area contributed by atoms with Crippen LogP contribution in [-0.2, 0) is 14.3 Å². The highest BCUT2D eigenvalue weighted by molar-refractivity contribution is 6.46. The fourth-order valence-electron chi connectivity index (χ4n) is 4.39. The first kappa shape index (κ1) is 24.0. The Bertz CT molecular complexity index is 1060. The number of aryl methyl sites for hydroxylation is 1. The van der Waals surface area contributed by atoms with E-state index in [0.717, 1.165) is 30.6 Å². The van der Waals surface area contributed by atoms with Crippen molar-refractivity contribution >= 4 is 17.4 Å². The monoisotopic (exact) mass is 464 g/mol. The fourth-order valence-corrected chi connectivity index (χ4v) is 4.39. The number of Topliss-reactive ketones (excluding diaryl/α,β-unsaturated/α-hetero) is 1. The fraction of sp³-hybridized carbons (Fsp3) is 0.407. The van der Waals surface area contributed by atoms with Crippen LogP contribution in [0, 0.1) is 6.92 Å². The first-order valence-electron chi connectivity index (χ1n) is 11.9. The summed E-state index contributed by atoms with van der Waals surface area (Å²) in [6.45, 7) is 8.46. The number of nitrogens with zero attached hydrogens (tertiary/aromatic N) is 2. The van der Waals surface area contributed by atoms with Crippen LogP contribution in [-0.4, -0.2) is 72.6 Å². The lowest BCUT2D eigenvalue weighted by molar-refractivity contribution is -0.140. The molecule has 0 spiro atoms. The molecule has 2 fully saturated rings. The van der Waals surface area contributed by atoms with Gasteiger partial charge in [-0.05, 0) is 31.0 Å². The lowest BCUT2D eigenvalue weighted by Gasteiger charge is -2.31. The molecule has 34 heavy (non-hydrogen) atoms. The molecule has 2 aliphatic rings. The quantitative estimate of drug-likeness (QED) is 0.366. The maximum atomic E-state index is 13.2. The molecule has 0 aliphatic carbocycles. The molecule has 2 heterocycles. The van der Waals surface area contributed by atoms with Gasteiger partial charge in [-0.3, -0.25) is 14.5 Å². The van der Waals surface area contributed by atoms with Gasteiger partial charge in [-0.1, -0.05) is 48.9 Å². The van der Waals surface area contributed by atoms with Gasteiger partial charge in [0.25, 0.3) is 11.7 Å². The highest BCUT2D eigenvalue weighted by Crippen LogP contribution is 2.40. The average molecular weight is 465 g/mol. The van der Waals surface area contributed by atoms with E-state index in [9.17, 15) is 14.7 Å². The van der Waals surface area contributed by atoms with Crippen molar-refractivity contribution in [1.82, 2.24) is 9.80 Å². The normalized spacial score (nSPS) is 20.6. The molecule has 7 nitrogen and oxygen atoms in total. The standard InChI is InChI=1S/C27H32N2O5/c1-3-15-34-22-6-4-5-21(18-22)24-23(25(30)20-9-7-19(2)8-10-20)26(31)27(32)29(24)12-11-28-13-16-33-17-14-28/h4-10,18,24,30H,3,11-17H2,1-2H3/t24-/m0/s1. The molecule has 4 rings (SSSR count). The number of carbonyl (C=O) groups is 2. The highest BCUT2D eigenvalue weighted by atomic mass is 16.5. The molecule has 1 atom stereocenters. The molecular formula is C27H32N2O5. The number of hydrogen-bond donors (Lipinski definition) is 1. The number of aliphatic hydroxyl groups is 1. The Kier molecular flexibility index (Phi) is 7.65. The van der Waals surface area contributed by atoms with Gasteiger partial charge >= 0.3 is 0 Å². The number of amides is 1. The van der Waals surface area contributed by atoms with Crippen LogP contribution >= 0.6 is 0 Å².